The van der Waals surface area contributed by atoms with Gasteiger partial charge in [0.1, 0.15) is 0 Å². The minimum absolute atomic E-state index is 0.0920. The van der Waals surface area contributed by atoms with Crippen LogP contribution in [-0.2, 0) is 10.0 Å². The Morgan fingerprint density at radius 2 is 1.73 bits per heavy atom. The highest BCUT2D eigenvalue weighted by Gasteiger charge is 2.23. The summed E-state index contributed by atoms with van der Waals surface area (Å²) < 4.78 is 26.9. The molecule has 0 unspecified atom stereocenters. The molecule has 2 aromatic rings. The lowest BCUT2D eigenvalue weighted by atomic mass is 10.1. The Balaban J connectivity index is 2.49. The molecule has 0 aliphatic carbocycles. The molecule has 2 aromatic carbocycles. The SMILES string of the molecule is CCN(c1cccc(C(C)=O)c1)S(=O)(=O)c1ccc(C)cc1. The molecule has 0 fully saturated rings. The third-order valence-electron chi connectivity index (χ3n) is 3.44. The van der Waals surface area contributed by atoms with Crippen molar-refractivity contribution in [2.24, 2.45) is 0 Å². The van der Waals surface area contributed by atoms with Crippen LogP contribution in [0, 0.1) is 6.92 Å². The first-order valence-corrected chi connectivity index (χ1v) is 8.50. The Bertz CT molecular complexity index is 780. The summed E-state index contributed by atoms with van der Waals surface area (Å²) in [5.74, 6) is -0.0920. The van der Waals surface area contributed by atoms with Crippen molar-refractivity contribution in [3.63, 3.8) is 0 Å². The van der Waals surface area contributed by atoms with Crippen LogP contribution in [0.5, 0.6) is 0 Å². The number of benzene rings is 2. The Kier molecular flexibility index (Phi) is 4.66. The van der Waals surface area contributed by atoms with E-state index < -0.39 is 10.0 Å². The van der Waals surface area contributed by atoms with E-state index >= 15 is 0 Å². The Labute approximate surface area is 131 Å². The second kappa shape index (κ2) is 6.32. The molecule has 0 aliphatic heterocycles. The largest absolute Gasteiger partial charge is 0.295 e. The van der Waals surface area contributed by atoms with Gasteiger partial charge in [-0.05, 0) is 45.0 Å². The number of aryl methyl sites for hydroxylation is 1. The summed E-state index contributed by atoms with van der Waals surface area (Å²) in [6, 6.07) is 13.4. The molecule has 5 heteroatoms. The monoisotopic (exact) mass is 317 g/mol. The van der Waals surface area contributed by atoms with E-state index in [-0.39, 0.29) is 17.2 Å². The van der Waals surface area contributed by atoms with Crippen LogP contribution < -0.4 is 4.31 Å². The van der Waals surface area contributed by atoms with Crippen molar-refractivity contribution >= 4 is 21.5 Å². The quantitative estimate of drug-likeness (QED) is 0.794. The molecule has 0 atom stereocenters. The van der Waals surface area contributed by atoms with Crippen LogP contribution in [0.4, 0.5) is 5.69 Å². The zero-order valence-electron chi connectivity index (χ0n) is 12.9. The lowest BCUT2D eigenvalue weighted by Gasteiger charge is -2.23. The number of carbonyl (C=O) groups is 1. The molecule has 0 spiro atoms. The predicted octanol–water partition coefficient (Wildman–Crippen LogP) is 3.41. The third-order valence-corrected chi connectivity index (χ3v) is 5.35. The van der Waals surface area contributed by atoms with Crippen molar-refractivity contribution < 1.29 is 13.2 Å². The van der Waals surface area contributed by atoms with Gasteiger partial charge in [0.2, 0.25) is 0 Å². The van der Waals surface area contributed by atoms with Crippen LogP contribution in [0.3, 0.4) is 0 Å². The van der Waals surface area contributed by atoms with Crippen molar-refractivity contribution in [1.29, 1.82) is 0 Å². The highest BCUT2D eigenvalue weighted by Crippen LogP contribution is 2.24. The molecule has 0 saturated heterocycles. The predicted molar refractivity (Wildman–Crippen MR) is 87.8 cm³/mol. The minimum atomic E-state index is -3.64. The molecule has 2 rings (SSSR count). The third kappa shape index (κ3) is 3.20. The van der Waals surface area contributed by atoms with Crippen LogP contribution in [0.15, 0.2) is 53.4 Å². The zero-order chi connectivity index (χ0) is 16.3. The normalized spacial score (nSPS) is 11.2. The van der Waals surface area contributed by atoms with Gasteiger partial charge in [-0.15, -0.1) is 0 Å². The molecule has 0 saturated carbocycles. The van der Waals surface area contributed by atoms with Gasteiger partial charge >= 0.3 is 0 Å². The van der Waals surface area contributed by atoms with Crippen LogP contribution in [0.25, 0.3) is 0 Å². The van der Waals surface area contributed by atoms with Crippen LogP contribution >= 0.6 is 0 Å². The molecule has 0 N–H and O–H groups in total. The van der Waals surface area contributed by atoms with Crippen molar-refractivity contribution in [1.82, 2.24) is 0 Å². The molecule has 4 nitrogen and oxygen atoms in total. The summed E-state index contributed by atoms with van der Waals surface area (Å²) in [5.41, 5.74) is 1.99. The van der Waals surface area contributed by atoms with Gasteiger partial charge in [-0.25, -0.2) is 8.42 Å². The molecule has 0 aromatic heterocycles. The standard InChI is InChI=1S/C17H19NO3S/c1-4-18(16-7-5-6-15(12-16)14(3)19)22(20,21)17-10-8-13(2)9-11-17/h5-12H,4H2,1-3H3. The van der Waals surface area contributed by atoms with E-state index in [0.29, 0.717) is 11.3 Å². The number of hydrogen-bond donors (Lipinski definition) is 0. The maximum atomic E-state index is 12.8. The maximum Gasteiger partial charge on any atom is 0.264 e. The summed E-state index contributed by atoms with van der Waals surface area (Å²) in [5, 5.41) is 0. The Hall–Kier alpha value is -2.14. The first kappa shape index (κ1) is 16.2. The molecule has 22 heavy (non-hydrogen) atoms. The fourth-order valence-electron chi connectivity index (χ4n) is 2.21. The van der Waals surface area contributed by atoms with Gasteiger partial charge in [0.15, 0.2) is 5.78 Å². The second-order valence-corrected chi connectivity index (χ2v) is 6.95. The summed E-state index contributed by atoms with van der Waals surface area (Å²) >= 11 is 0. The smallest absolute Gasteiger partial charge is 0.264 e. The van der Waals surface area contributed by atoms with Gasteiger partial charge in [-0.1, -0.05) is 29.8 Å². The highest BCUT2D eigenvalue weighted by molar-refractivity contribution is 7.92. The number of nitrogens with zero attached hydrogens (tertiary/aromatic N) is 1. The summed E-state index contributed by atoms with van der Waals surface area (Å²) in [7, 11) is -3.64. The van der Waals surface area contributed by atoms with Gasteiger partial charge in [-0.2, -0.15) is 0 Å². The first-order valence-electron chi connectivity index (χ1n) is 7.06. The Morgan fingerprint density at radius 3 is 2.27 bits per heavy atom. The van der Waals surface area contributed by atoms with E-state index in [0.717, 1.165) is 5.56 Å². The fraction of sp³-hybridized carbons (Fsp3) is 0.235. The van der Waals surface area contributed by atoms with E-state index in [1.165, 1.54) is 11.2 Å². The van der Waals surface area contributed by atoms with E-state index in [1.807, 2.05) is 6.92 Å². The van der Waals surface area contributed by atoms with E-state index in [1.54, 1.807) is 55.5 Å². The van der Waals surface area contributed by atoms with Gasteiger partial charge in [-0.3, -0.25) is 9.10 Å². The summed E-state index contributed by atoms with van der Waals surface area (Å²) in [6.45, 7) is 5.43. The van der Waals surface area contributed by atoms with Gasteiger partial charge in [0.05, 0.1) is 10.6 Å². The van der Waals surface area contributed by atoms with Crippen molar-refractivity contribution in [2.75, 3.05) is 10.8 Å². The number of sulfonamides is 1. The van der Waals surface area contributed by atoms with Crippen molar-refractivity contribution in [2.45, 2.75) is 25.7 Å². The molecular weight excluding hydrogens is 298 g/mol. The first-order chi connectivity index (χ1) is 10.4. The molecule has 0 radical (unpaired) electrons. The number of rotatable bonds is 5. The van der Waals surface area contributed by atoms with Crippen molar-refractivity contribution in [3.8, 4) is 0 Å². The van der Waals surface area contributed by atoms with Gasteiger partial charge in [0.25, 0.3) is 10.0 Å². The molecular formula is C17H19NO3S. The fourth-order valence-corrected chi connectivity index (χ4v) is 3.67. The van der Waals surface area contributed by atoms with Crippen LogP contribution in [-0.4, -0.2) is 20.7 Å². The zero-order valence-corrected chi connectivity index (χ0v) is 13.7. The van der Waals surface area contributed by atoms with Crippen molar-refractivity contribution in [3.05, 3.63) is 59.7 Å². The Morgan fingerprint density at radius 1 is 1.09 bits per heavy atom. The van der Waals surface area contributed by atoms with E-state index in [2.05, 4.69) is 0 Å². The number of Topliss-reactive ketones (excluding diaryl/α,β-unsaturated/α-hetero) is 1. The molecule has 0 aliphatic rings. The van der Waals surface area contributed by atoms with E-state index in [4.69, 9.17) is 0 Å². The topological polar surface area (TPSA) is 54.5 Å². The minimum Gasteiger partial charge on any atom is -0.295 e. The second-order valence-electron chi connectivity index (χ2n) is 5.09. The van der Waals surface area contributed by atoms with Gasteiger partial charge in [0, 0.05) is 12.1 Å². The highest BCUT2D eigenvalue weighted by atomic mass is 32.2. The molecule has 0 amide bonds. The number of anilines is 1. The van der Waals surface area contributed by atoms with Gasteiger partial charge < -0.3 is 0 Å². The number of ketones is 1. The molecule has 116 valence electrons. The average Bonchev–Trinajstić information content (AvgIpc) is 2.48. The number of carbonyl (C=O) groups excluding carboxylic acids is 1. The molecule has 0 bridgehead atoms. The maximum absolute atomic E-state index is 12.8. The average molecular weight is 317 g/mol. The molecule has 0 heterocycles. The lowest BCUT2D eigenvalue weighted by Crippen LogP contribution is -2.30. The summed E-state index contributed by atoms with van der Waals surface area (Å²) in [6.07, 6.45) is 0. The van der Waals surface area contributed by atoms with E-state index in [9.17, 15) is 13.2 Å². The summed E-state index contributed by atoms with van der Waals surface area (Å²) in [4.78, 5) is 11.7. The van der Waals surface area contributed by atoms with Crippen LogP contribution in [0.2, 0.25) is 0 Å². The van der Waals surface area contributed by atoms with Crippen LogP contribution in [0.1, 0.15) is 29.8 Å². The lowest BCUT2D eigenvalue weighted by molar-refractivity contribution is 0.101. The number of hydrogen-bond acceptors (Lipinski definition) is 3.